The van der Waals surface area contributed by atoms with E-state index in [9.17, 15) is 13.2 Å². The van der Waals surface area contributed by atoms with Crippen LogP contribution in [0.1, 0.15) is 18.4 Å². The van der Waals surface area contributed by atoms with Gasteiger partial charge in [0.1, 0.15) is 11.0 Å². The lowest BCUT2D eigenvalue weighted by atomic mass is 10.2. The number of hydrogen-bond acceptors (Lipinski definition) is 7. The number of hydrogen-bond donors (Lipinski definition) is 0. The van der Waals surface area contributed by atoms with Crippen molar-refractivity contribution in [3.8, 4) is 0 Å². The summed E-state index contributed by atoms with van der Waals surface area (Å²) in [4.78, 5) is 16.0. The molecular formula is C16H22N4O4S. The summed E-state index contributed by atoms with van der Waals surface area (Å²) in [5, 5.41) is 7.56. The number of carbonyl (C=O) groups excluding carboxylic acids is 1. The highest BCUT2D eigenvalue weighted by molar-refractivity contribution is 7.91. The predicted molar refractivity (Wildman–Crippen MR) is 92.6 cm³/mol. The van der Waals surface area contributed by atoms with Crippen molar-refractivity contribution in [1.82, 2.24) is 20.1 Å². The van der Waals surface area contributed by atoms with Crippen LogP contribution in [0.3, 0.4) is 0 Å². The van der Waals surface area contributed by atoms with Crippen LogP contribution in [0.25, 0.3) is 11.0 Å². The SMILES string of the molecule is CN(Cc1ccc2nonc2c1)C(=O)CCN(C)C1CCS(=O)(=O)C1. The van der Waals surface area contributed by atoms with Crippen molar-refractivity contribution in [3.63, 3.8) is 0 Å². The summed E-state index contributed by atoms with van der Waals surface area (Å²) < 4.78 is 27.8. The van der Waals surface area contributed by atoms with Crippen molar-refractivity contribution in [3.05, 3.63) is 23.8 Å². The molecule has 1 aliphatic heterocycles. The van der Waals surface area contributed by atoms with Crippen molar-refractivity contribution in [2.45, 2.75) is 25.4 Å². The third kappa shape index (κ3) is 4.35. The summed E-state index contributed by atoms with van der Waals surface area (Å²) in [5.74, 6) is 0.459. The second kappa shape index (κ2) is 7.09. The first-order valence-corrected chi connectivity index (χ1v) is 10.0. The molecule has 1 atom stereocenters. The van der Waals surface area contributed by atoms with Gasteiger partial charge in [-0.2, -0.15) is 0 Å². The molecule has 0 N–H and O–H groups in total. The normalized spacial score (nSPS) is 19.6. The average Bonchev–Trinajstić information content (AvgIpc) is 3.17. The molecule has 0 saturated carbocycles. The number of fused-ring (bicyclic) bond motifs is 1. The Balaban J connectivity index is 1.50. The van der Waals surface area contributed by atoms with Gasteiger partial charge < -0.3 is 9.80 Å². The minimum absolute atomic E-state index is 0.0187. The molecule has 1 aliphatic rings. The Morgan fingerprint density at radius 1 is 1.28 bits per heavy atom. The van der Waals surface area contributed by atoms with E-state index in [1.54, 1.807) is 11.9 Å². The molecule has 0 radical (unpaired) electrons. The Bertz CT molecular complexity index is 864. The van der Waals surface area contributed by atoms with Crippen molar-refractivity contribution in [1.29, 1.82) is 0 Å². The molecule has 1 saturated heterocycles. The molecule has 8 nitrogen and oxygen atoms in total. The third-order valence-corrected chi connectivity index (χ3v) is 6.42. The molecule has 25 heavy (non-hydrogen) atoms. The van der Waals surface area contributed by atoms with Crippen molar-refractivity contribution in [2.24, 2.45) is 0 Å². The number of nitrogens with zero attached hydrogens (tertiary/aromatic N) is 4. The van der Waals surface area contributed by atoms with E-state index in [0.29, 0.717) is 37.0 Å². The van der Waals surface area contributed by atoms with E-state index in [1.165, 1.54) is 0 Å². The number of benzene rings is 1. The zero-order chi connectivity index (χ0) is 18.0. The molecule has 1 unspecified atom stereocenters. The fraction of sp³-hybridized carbons (Fsp3) is 0.562. The number of carbonyl (C=O) groups is 1. The fourth-order valence-corrected chi connectivity index (χ4v) is 4.86. The van der Waals surface area contributed by atoms with Crippen LogP contribution >= 0.6 is 0 Å². The van der Waals surface area contributed by atoms with Crippen LogP contribution in [0.2, 0.25) is 0 Å². The van der Waals surface area contributed by atoms with Gasteiger partial charge in [-0.15, -0.1) is 0 Å². The summed E-state index contributed by atoms with van der Waals surface area (Å²) in [5.41, 5.74) is 2.31. The van der Waals surface area contributed by atoms with Crippen LogP contribution < -0.4 is 0 Å². The maximum Gasteiger partial charge on any atom is 0.223 e. The van der Waals surface area contributed by atoms with Gasteiger partial charge in [-0.1, -0.05) is 6.07 Å². The number of aromatic nitrogens is 2. The van der Waals surface area contributed by atoms with E-state index in [1.807, 2.05) is 30.1 Å². The zero-order valence-corrected chi connectivity index (χ0v) is 15.2. The molecule has 2 aromatic rings. The predicted octanol–water partition coefficient (Wildman–Crippen LogP) is 0.690. The smallest absolute Gasteiger partial charge is 0.223 e. The second-order valence-electron chi connectivity index (χ2n) is 6.62. The van der Waals surface area contributed by atoms with Gasteiger partial charge in [0.05, 0.1) is 11.5 Å². The molecule has 1 aromatic carbocycles. The Kier molecular flexibility index (Phi) is 5.05. The van der Waals surface area contributed by atoms with E-state index in [0.717, 1.165) is 5.56 Å². The van der Waals surface area contributed by atoms with Crippen molar-refractivity contribution < 1.29 is 17.8 Å². The molecular weight excluding hydrogens is 344 g/mol. The summed E-state index contributed by atoms with van der Waals surface area (Å²) >= 11 is 0. The lowest BCUT2D eigenvalue weighted by Gasteiger charge is -2.24. The van der Waals surface area contributed by atoms with E-state index in [4.69, 9.17) is 0 Å². The van der Waals surface area contributed by atoms with Crippen LogP contribution in [-0.2, 0) is 21.2 Å². The Labute approximate surface area is 146 Å². The molecule has 0 aliphatic carbocycles. The van der Waals surface area contributed by atoms with Gasteiger partial charge in [0.2, 0.25) is 5.91 Å². The molecule has 2 heterocycles. The van der Waals surface area contributed by atoms with Gasteiger partial charge in [0.15, 0.2) is 9.84 Å². The monoisotopic (exact) mass is 366 g/mol. The Morgan fingerprint density at radius 3 is 2.76 bits per heavy atom. The minimum atomic E-state index is -2.90. The third-order valence-electron chi connectivity index (χ3n) is 4.67. The summed E-state index contributed by atoms with van der Waals surface area (Å²) in [6, 6.07) is 5.58. The van der Waals surface area contributed by atoms with E-state index in [2.05, 4.69) is 14.9 Å². The molecule has 1 amide bonds. The Hall–Kier alpha value is -2.00. The van der Waals surface area contributed by atoms with Crippen LogP contribution in [0.5, 0.6) is 0 Å². The zero-order valence-electron chi connectivity index (χ0n) is 14.4. The van der Waals surface area contributed by atoms with Gasteiger partial charge in [-0.05, 0) is 41.5 Å². The first kappa shape index (κ1) is 17.8. The van der Waals surface area contributed by atoms with Crippen LogP contribution in [-0.4, -0.2) is 72.6 Å². The van der Waals surface area contributed by atoms with E-state index < -0.39 is 9.84 Å². The second-order valence-corrected chi connectivity index (χ2v) is 8.85. The van der Waals surface area contributed by atoms with Crippen molar-refractivity contribution in [2.75, 3.05) is 32.1 Å². The maximum absolute atomic E-state index is 12.3. The molecule has 3 rings (SSSR count). The standard InChI is InChI=1S/C16H22N4O4S/c1-19(13-6-8-25(22,23)11-13)7-5-16(21)20(2)10-12-3-4-14-15(9-12)18-24-17-14/h3-4,9,13H,5-8,10-11H2,1-2H3. The lowest BCUT2D eigenvalue weighted by Crippen LogP contribution is -2.36. The van der Waals surface area contributed by atoms with Gasteiger partial charge in [0.25, 0.3) is 0 Å². The van der Waals surface area contributed by atoms with Gasteiger partial charge in [-0.25, -0.2) is 13.0 Å². The average molecular weight is 366 g/mol. The first-order valence-electron chi connectivity index (χ1n) is 8.20. The quantitative estimate of drug-likeness (QED) is 0.742. The maximum atomic E-state index is 12.3. The number of rotatable bonds is 6. The largest absolute Gasteiger partial charge is 0.341 e. The summed E-state index contributed by atoms with van der Waals surface area (Å²) in [7, 11) is 0.732. The molecule has 0 spiro atoms. The van der Waals surface area contributed by atoms with E-state index >= 15 is 0 Å². The highest BCUT2D eigenvalue weighted by Gasteiger charge is 2.30. The van der Waals surface area contributed by atoms with E-state index in [-0.39, 0.29) is 23.5 Å². The van der Waals surface area contributed by atoms with Gasteiger partial charge >= 0.3 is 0 Å². The topological polar surface area (TPSA) is 96.6 Å². The molecule has 1 aromatic heterocycles. The van der Waals surface area contributed by atoms with Gasteiger partial charge in [0, 0.05) is 32.6 Å². The summed E-state index contributed by atoms with van der Waals surface area (Å²) in [6.45, 7) is 1.03. The molecule has 1 fully saturated rings. The first-order chi connectivity index (χ1) is 11.8. The van der Waals surface area contributed by atoms with Crippen LogP contribution in [0.4, 0.5) is 0 Å². The Morgan fingerprint density at radius 2 is 2.04 bits per heavy atom. The van der Waals surface area contributed by atoms with Crippen LogP contribution in [0.15, 0.2) is 22.8 Å². The highest BCUT2D eigenvalue weighted by atomic mass is 32.2. The lowest BCUT2D eigenvalue weighted by molar-refractivity contribution is -0.130. The fourth-order valence-electron chi connectivity index (χ4n) is 3.06. The number of sulfone groups is 1. The summed E-state index contributed by atoms with van der Waals surface area (Å²) in [6.07, 6.45) is 1.01. The minimum Gasteiger partial charge on any atom is -0.341 e. The molecule has 9 heteroatoms. The van der Waals surface area contributed by atoms with Crippen LogP contribution in [0, 0.1) is 0 Å². The van der Waals surface area contributed by atoms with Gasteiger partial charge in [-0.3, -0.25) is 4.79 Å². The molecule has 136 valence electrons. The molecule has 0 bridgehead atoms. The van der Waals surface area contributed by atoms with Crippen molar-refractivity contribution >= 4 is 26.8 Å². The number of amides is 1. The highest BCUT2D eigenvalue weighted by Crippen LogP contribution is 2.17.